The van der Waals surface area contributed by atoms with Gasteiger partial charge in [-0.1, -0.05) is 0 Å². The van der Waals surface area contributed by atoms with Gasteiger partial charge in [0.15, 0.2) is 0 Å². The van der Waals surface area contributed by atoms with Gasteiger partial charge >= 0.3 is 0 Å². The first-order valence-corrected chi connectivity index (χ1v) is 10.0. The van der Waals surface area contributed by atoms with Crippen LogP contribution < -0.4 is 5.32 Å². The van der Waals surface area contributed by atoms with Crippen molar-refractivity contribution in [1.29, 1.82) is 0 Å². The summed E-state index contributed by atoms with van der Waals surface area (Å²) < 4.78 is 1.30. The first kappa shape index (κ1) is 14.7. The molecular formula is C17H25BrN2S. The van der Waals surface area contributed by atoms with Crippen molar-refractivity contribution in [3.63, 3.8) is 0 Å². The highest BCUT2D eigenvalue weighted by Crippen LogP contribution is 2.40. The van der Waals surface area contributed by atoms with Crippen LogP contribution in [0.1, 0.15) is 55.0 Å². The highest BCUT2D eigenvalue weighted by atomic mass is 79.9. The summed E-state index contributed by atoms with van der Waals surface area (Å²) in [6, 6.07) is 4.70. The average molecular weight is 369 g/mol. The average Bonchev–Trinajstić information content (AvgIpc) is 2.92. The minimum atomic E-state index is 0.605. The van der Waals surface area contributed by atoms with E-state index in [1.54, 1.807) is 10.4 Å². The highest BCUT2D eigenvalue weighted by molar-refractivity contribution is 9.11. The topological polar surface area (TPSA) is 15.3 Å². The molecule has 4 heteroatoms. The van der Waals surface area contributed by atoms with Crippen molar-refractivity contribution in [3.05, 3.63) is 20.3 Å². The summed E-state index contributed by atoms with van der Waals surface area (Å²) >= 11 is 5.60. The summed E-state index contributed by atoms with van der Waals surface area (Å²) in [4.78, 5) is 4.25. The van der Waals surface area contributed by atoms with E-state index in [4.69, 9.17) is 0 Å². The number of nitrogens with zero attached hydrogens (tertiary/aromatic N) is 1. The molecule has 3 heterocycles. The van der Waals surface area contributed by atoms with Crippen molar-refractivity contribution in [3.8, 4) is 0 Å². The smallest absolute Gasteiger partial charge is 0.0704 e. The van der Waals surface area contributed by atoms with Crippen molar-refractivity contribution in [2.45, 2.75) is 63.1 Å². The Kier molecular flexibility index (Phi) is 4.16. The van der Waals surface area contributed by atoms with Gasteiger partial charge in [-0.2, -0.15) is 0 Å². The number of fused-ring (bicyclic) bond motifs is 3. The maximum Gasteiger partial charge on any atom is 0.0704 e. The summed E-state index contributed by atoms with van der Waals surface area (Å²) in [5.41, 5.74) is 1.58. The maximum atomic E-state index is 3.91. The number of nitrogens with one attached hydrogen (secondary N) is 1. The molecule has 0 amide bonds. The molecule has 4 rings (SSSR count). The van der Waals surface area contributed by atoms with Crippen molar-refractivity contribution >= 4 is 27.3 Å². The summed E-state index contributed by atoms with van der Waals surface area (Å²) in [5.74, 6) is 0.895. The van der Waals surface area contributed by atoms with Gasteiger partial charge in [0.25, 0.3) is 0 Å². The Morgan fingerprint density at radius 2 is 2.05 bits per heavy atom. The van der Waals surface area contributed by atoms with Crippen molar-refractivity contribution in [2.75, 3.05) is 13.6 Å². The van der Waals surface area contributed by atoms with Crippen molar-refractivity contribution in [1.82, 2.24) is 10.2 Å². The zero-order valence-electron chi connectivity index (χ0n) is 12.8. The molecule has 1 N–H and O–H groups in total. The third-order valence-electron chi connectivity index (χ3n) is 5.93. The molecule has 1 aromatic heterocycles. The number of piperidine rings is 1. The van der Waals surface area contributed by atoms with Gasteiger partial charge in [0.05, 0.1) is 3.79 Å². The van der Waals surface area contributed by atoms with E-state index >= 15 is 0 Å². The van der Waals surface area contributed by atoms with Crippen LogP contribution in [0.4, 0.5) is 0 Å². The van der Waals surface area contributed by atoms with Crippen LogP contribution in [0.25, 0.3) is 0 Å². The number of aryl methyl sites for hydroxylation is 1. The third kappa shape index (κ3) is 2.85. The van der Waals surface area contributed by atoms with Crippen LogP contribution in [0, 0.1) is 5.92 Å². The monoisotopic (exact) mass is 368 g/mol. The summed E-state index contributed by atoms with van der Waals surface area (Å²) in [5, 5.41) is 3.91. The number of hydrogen-bond acceptors (Lipinski definition) is 3. The Bertz CT molecular complexity index is 501. The normalized spacial score (nSPS) is 35.9. The molecule has 0 radical (unpaired) electrons. The molecule has 3 unspecified atom stereocenters. The second-order valence-corrected chi connectivity index (χ2v) is 9.69. The second-order valence-electron chi connectivity index (χ2n) is 7.17. The van der Waals surface area contributed by atoms with E-state index in [1.807, 2.05) is 11.3 Å². The molecule has 1 aromatic rings. The SMILES string of the molecule is CN1C2CCC1CC(CNC1CCCc3sc(Br)cc31)C2. The molecule has 2 nitrogen and oxygen atoms in total. The van der Waals surface area contributed by atoms with E-state index in [0.29, 0.717) is 6.04 Å². The fourth-order valence-corrected chi connectivity index (χ4v) is 6.55. The fraction of sp³-hybridized carbons (Fsp3) is 0.765. The van der Waals surface area contributed by atoms with Crippen LogP contribution in [-0.2, 0) is 6.42 Å². The molecule has 2 aliphatic heterocycles. The Morgan fingerprint density at radius 3 is 2.81 bits per heavy atom. The van der Waals surface area contributed by atoms with Crippen LogP contribution in [0.15, 0.2) is 9.85 Å². The van der Waals surface area contributed by atoms with E-state index < -0.39 is 0 Å². The number of halogens is 1. The molecule has 1 aliphatic carbocycles. The molecule has 2 fully saturated rings. The summed E-state index contributed by atoms with van der Waals surface area (Å²) in [7, 11) is 2.34. The van der Waals surface area contributed by atoms with Crippen LogP contribution in [0.3, 0.4) is 0 Å². The molecule has 0 aromatic carbocycles. The number of hydrogen-bond donors (Lipinski definition) is 1. The van der Waals surface area contributed by atoms with Crippen LogP contribution >= 0.6 is 27.3 Å². The Morgan fingerprint density at radius 1 is 1.29 bits per heavy atom. The molecule has 2 saturated heterocycles. The van der Waals surface area contributed by atoms with Crippen molar-refractivity contribution in [2.24, 2.45) is 5.92 Å². The number of rotatable bonds is 3. The minimum Gasteiger partial charge on any atom is -0.310 e. The first-order chi connectivity index (χ1) is 10.2. The standard InChI is InChI=1S/C17H25BrN2S/c1-20-12-5-6-13(20)8-11(7-12)10-19-15-3-2-4-16-14(15)9-17(18)21-16/h9,11-13,15,19H,2-8,10H2,1H3. The first-order valence-electron chi connectivity index (χ1n) is 8.44. The molecule has 21 heavy (non-hydrogen) atoms. The number of thiophene rings is 1. The van der Waals surface area contributed by atoms with Crippen LogP contribution in [-0.4, -0.2) is 30.6 Å². The van der Waals surface area contributed by atoms with E-state index in [0.717, 1.165) is 18.0 Å². The lowest BCUT2D eigenvalue weighted by molar-refractivity contribution is 0.130. The Balaban J connectivity index is 1.38. The molecule has 2 bridgehead atoms. The Labute approximate surface area is 140 Å². The van der Waals surface area contributed by atoms with Gasteiger partial charge < -0.3 is 10.2 Å². The lowest BCUT2D eigenvalue weighted by atomic mass is 9.89. The zero-order chi connectivity index (χ0) is 14.4. The van der Waals surface area contributed by atoms with Gasteiger partial charge in [0.2, 0.25) is 0 Å². The quantitative estimate of drug-likeness (QED) is 0.852. The molecule has 3 aliphatic rings. The summed E-state index contributed by atoms with van der Waals surface area (Å²) in [6.45, 7) is 1.22. The van der Waals surface area contributed by atoms with E-state index in [-0.39, 0.29) is 0 Å². The summed E-state index contributed by atoms with van der Waals surface area (Å²) in [6.07, 6.45) is 9.62. The predicted molar refractivity (Wildman–Crippen MR) is 93.0 cm³/mol. The second kappa shape index (κ2) is 5.95. The molecule has 116 valence electrons. The van der Waals surface area contributed by atoms with Gasteiger partial charge in [-0.15, -0.1) is 11.3 Å². The zero-order valence-corrected chi connectivity index (χ0v) is 15.2. The van der Waals surface area contributed by atoms with Gasteiger partial charge in [-0.3, -0.25) is 0 Å². The lowest BCUT2D eigenvalue weighted by Gasteiger charge is -2.37. The highest BCUT2D eigenvalue weighted by Gasteiger charge is 2.38. The van der Waals surface area contributed by atoms with Gasteiger partial charge in [-0.25, -0.2) is 0 Å². The lowest BCUT2D eigenvalue weighted by Crippen LogP contribution is -2.43. The van der Waals surface area contributed by atoms with Crippen LogP contribution in [0.5, 0.6) is 0 Å². The molecular weight excluding hydrogens is 344 g/mol. The van der Waals surface area contributed by atoms with Crippen LogP contribution in [0.2, 0.25) is 0 Å². The van der Waals surface area contributed by atoms with Gasteiger partial charge in [-0.05, 0) is 92.0 Å². The third-order valence-corrected chi connectivity index (χ3v) is 7.65. The molecule has 3 atom stereocenters. The van der Waals surface area contributed by atoms with E-state index in [9.17, 15) is 0 Å². The minimum absolute atomic E-state index is 0.605. The fourth-order valence-electron chi connectivity index (χ4n) is 4.73. The van der Waals surface area contributed by atoms with E-state index in [1.165, 1.54) is 55.3 Å². The van der Waals surface area contributed by atoms with E-state index in [2.05, 4.69) is 39.3 Å². The van der Waals surface area contributed by atoms with Gasteiger partial charge in [0, 0.05) is 23.0 Å². The molecule has 0 spiro atoms. The largest absolute Gasteiger partial charge is 0.310 e. The maximum absolute atomic E-state index is 3.91. The Hall–Kier alpha value is 0.100. The van der Waals surface area contributed by atoms with Crippen molar-refractivity contribution < 1.29 is 0 Å². The predicted octanol–water partition coefficient (Wildman–Crippen LogP) is 4.35. The van der Waals surface area contributed by atoms with Gasteiger partial charge in [0.1, 0.15) is 0 Å². The molecule has 0 saturated carbocycles.